The molecule has 1 amide bonds. The van der Waals surface area contributed by atoms with E-state index in [4.69, 9.17) is 14.6 Å². The number of nitrogens with zero attached hydrogens (tertiary/aromatic N) is 3. The third kappa shape index (κ3) is 6.64. The summed E-state index contributed by atoms with van der Waals surface area (Å²) in [7, 11) is 0. The van der Waals surface area contributed by atoms with Crippen LogP contribution in [0.25, 0.3) is 0 Å². The van der Waals surface area contributed by atoms with Gasteiger partial charge in [0.2, 0.25) is 5.95 Å². The standard InChI is InChI=1S/C20H24N4O2.C2HF3O2/c1-15-4-2-5-17(10-15)18(25)24-13-20(14-24)7-6-16(12-26-20)11-23-19-21-8-3-9-22-19;3-2(4,5)1(6)7/h2-5,8-10,16H,6-7,11-14H2,1H3,(H,21,22,23);(H,6,7). The highest BCUT2D eigenvalue weighted by molar-refractivity contribution is 5.95. The van der Waals surface area contributed by atoms with E-state index in [2.05, 4.69) is 15.3 Å². The van der Waals surface area contributed by atoms with Crippen molar-refractivity contribution in [3.63, 3.8) is 0 Å². The van der Waals surface area contributed by atoms with E-state index in [-0.39, 0.29) is 11.5 Å². The molecular formula is C22H25F3N4O4. The molecule has 1 unspecified atom stereocenters. The van der Waals surface area contributed by atoms with Crippen LogP contribution in [-0.4, -0.2) is 69.9 Å². The Labute approximate surface area is 188 Å². The summed E-state index contributed by atoms with van der Waals surface area (Å²) >= 11 is 0. The number of alkyl halides is 3. The van der Waals surface area contributed by atoms with Gasteiger partial charge in [-0.15, -0.1) is 0 Å². The quantitative estimate of drug-likeness (QED) is 0.713. The molecule has 2 saturated heterocycles. The van der Waals surface area contributed by atoms with Crippen molar-refractivity contribution in [1.29, 1.82) is 0 Å². The first-order valence-electron chi connectivity index (χ1n) is 10.4. The van der Waals surface area contributed by atoms with Gasteiger partial charge in [-0.3, -0.25) is 4.79 Å². The van der Waals surface area contributed by atoms with Gasteiger partial charge in [0, 0.05) is 24.5 Å². The number of carbonyl (C=O) groups is 2. The molecule has 0 saturated carbocycles. The van der Waals surface area contributed by atoms with Crippen molar-refractivity contribution >= 4 is 17.8 Å². The number of aromatic nitrogens is 2. The van der Waals surface area contributed by atoms with E-state index >= 15 is 0 Å². The zero-order valence-corrected chi connectivity index (χ0v) is 18.0. The third-order valence-corrected chi connectivity index (χ3v) is 5.50. The highest BCUT2D eigenvalue weighted by atomic mass is 19.4. The van der Waals surface area contributed by atoms with Crippen LogP contribution in [0.4, 0.5) is 19.1 Å². The van der Waals surface area contributed by atoms with Crippen LogP contribution < -0.4 is 5.32 Å². The molecule has 33 heavy (non-hydrogen) atoms. The fourth-order valence-electron chi connectivity index (χ4n) is 3.71. The molecule has 11 heteroatoms. The minimum absolute atomic E-state index is 0.105. The Morgan fingerprint density at radius 2 is 1.91 bits per heavy atom. The number of benzene rings is 1. The summed E-state index contributed by atoms with van der Waals surface area (Å²) < 4.78 is 37.9. The van der Waals surface area contributed by atoms with Gasteiger partial charge in [0.15, 0.2) is 0 Å². The van der Waals surface area contributed by atoms with Gasteiger partial charge in [-0.1, -0.05) is 17.7 Å². The highest BCUT2D eigenvalue weighted by Crippen LogP contribution is 2.36. The second-order valence-electron chi connectivity index (χ2n) is 8.19. The average molecular weight is 466 g/mol. The second-order valence-corrected chi connectivity index (χ2v) is 8.19. The lowest BCUT2D eigenvalue weighted by Gasteiger charge is -2.52. The monoisotopic (exact) mass is 466 g/mol. The highest BCUT2D eigenvalue weighted by Gasteiger charge is 2.48. The fraction of sp³-hybridized carbons (Fsp3) is 0.455. The summed E-state index contributed by atoms with van der Waals surface area (Å²) in [6.07, 6.45) is 0.463. The van der Waals surface area contributed by atoms with Crippen LogP contribution in [0.5, 0.6) is 0 Å². The minimum atomic E-state index is -5.08. The van der Waals surface area contributed by atoms with Gasteiger partial charge in [-0.05, 0) is 43.9 Å². The van der Waals surface area contributed by atoms with Gasteiger partial charge in [0.05, 0.1) is 19.7 Å². The summed E-state index contributed by atoms with van der Waals surface area (Å²) in [6, 6.07) is 9.58. The predicted octanol–water partition coefficient (Wildman–Crippen LogP) is 3.15. The van der Waals surface area contributed by atoms with Gasteiger partial charge in [-0.2, -0.15) is 13.2 Å². The number of hydrogen-bond donors (Lipinski definition) is 2. The molecule has 1 aromatic heterocycles. The van der Waals surface area contributed by atoms with E-state index in [1.54, 1.807) is 18.5 Å². The van der Waals surface area contributed by atoms with Crippen LogP contribution in [0, 0.1) is 12.8 Å². The average Bonchev–Trinajstić information content (AvgIpc) is 2.76. The van der Waals surface area contributed by atoms with Crippen LogP contribution in [0.2, 0.25) is 0 Å². The Kier molecular flexibility index (Phi) is 7.52. The molecule has 1 atom stereocenters. The summed E-state index contributed by atoms with van der Waals surface area (Å²) in [4.78, 5) is 31.7. The lowest BCUT2D eigenvalue weighted by atomic mass is 9.82. The number of aryl methyl sites for hydroxylation is 1. The Bertz CT molecular complexity index is 956. The maximum atomic E-state index is 12.6. The van der Waals surface area contributed by atoms with Gasteiger partial charge >= 0.3 is 12.1 Å². The van der Waals surface area contributed by atoms with Gasteiger partial charge in [0.25, 0.3) is 5.91 Å². The molecule has 2 aromatic rings. The number of anilines is 1. The van der Waals surface area contributed by atoms with E-state index in [9.17, 15) is 18.0 Å². The molecule has 2 aliphatic rings. The number of hydrogen-bond acceptors (Lipinski definition) is 6. The number of nitrogens with one attached hydrogen (secondary N) is 1. The normalized spacial score (nSPS) is 19.2. The molecule has 1 aromatic carbocycles. The van der Waals surface area contributed by atoms with E-state index in [0.29, 0.717) is 31.6 Å². The number of amides is 1. The first kappa shape index (κ1) is 24.4. The van der Waals surface area contributed by atoms with Crippen molar-refractivity contribution in [2.24, 2.45) is 5.92 Å². The molecule has 178 valence electrons. The lowest BCUT2D eigenvalue weighted by Crippen LogP contribution is -2.66. The minimum Gasteiger partial charge on any atom is -0.475 e. The molecule has 3 heterocycles. The molecule has 0 bridgehead atoms. The number of carbonyl (C=O) groups excluding carboxylic acids is 1. The topological polar surface area (TPSA) is 105 Å². The largest absolute Gasteiger partial charge is 0.490 e. The van der Waals surface area contributed by atoms with Crippen LogP contribution in [0.1, 0.15) is 28.8 Å². The maximum absolute atomic E-state index is 12.6. The molecule has 2 aliphatic heterocycles. The van der Waals surface area contributed by atoms with Crippen LogP contribution in [-0.2, 0) is 9.53 Å². The van der Waals surface area contributed by atoms with Crippen molar-refractivity contribution in [2.45, 2.75) is 31.5 Å². The molecule has 8 nitrogen and oxygen atoms in total. The number of carboxylic acids is 1. The molecule has 4 rings (SSSR count). The molecule has 1 spiro atoms. The van der Waals surface area contributed by atoms with Crippen LogP contribution in [0.3, 0.4) is 0 Å². The smallest absolute Gasteiger partial charge is 0.475 e. The van der Waals surface area contributed by atoms with Crippen molar-refractivity contribution < 1.29 is 32.6 Å². The maximum Gasteiger partial charge on any atom is 0.490 e. The Morgan fingerprint density at radius 3 is 2.45 bits per heavy atom. The van der Waals surface area contributed by atoms with E-state index in [0.717, 1.165) is 30.5 Å². The lowest BCUT2D eigenvalue weighted by molar-refractivity contribution is -0.192. The number of rotatable bonds is 4. The summed E-state index contributed by atoms with van der Waals surface area (Å²) in [6.45, 7) is 4.93. The van der Waals surface area contributed by atoms with Gasteiger partial charge in [-0.25, -0.2) is 14.8 Å². The first-order chi connectivity index (χ1) is 15.6. The Balaban J connectivity index is 0.000000383. The molecular weight excluding hydrogens is 441 g/mol. The Morgan fingerprint density at radius 1 is 1.24 bits per heavy atom. The van der Waals surface area contributed by atoms with Gasteiger partial charge in [0.1, 0.15) is 5.60 Å². The van der Waals surface area contributed by atoms with E-state index in [1.165, 1.54) is 0 Å². The fourth-order valence-corrected chi connectivity index (χ4v) is 3.71. The zero-order valence-electron chi connectivity index (χ0n) is 18.0. The number of likely N-dealkylation sites (tertiary alicyclic amines) is 1. The Hall–Kier alpha value is -3.21. The number of ether oxygens (including phenoxy) is 1. The number of aliphatic carboxylic acids is 1. The van der Waals surface area contributed by atoms with Crippen molar-refractivity contribution in [1.82, 2.24) is 14.9 Å². The van der Waals surface area contributed by atoms with E-state index < -0.39 is 12.1 Å². The second kappa shape index (κ2) is 10.2. The summed E-state index contributed by atoms with van der Waals surface area (Å²) in [5.41, 5.74) is 1.73. The number of halogens is 3. The predicted molar refractivity (Wildman–Crippen MR) is 113 cm³/mol. The molecule has 0 radical (unpaired) electrons. The van der Waals surface area contributed by atoms with Gasteiger partial charge < -0.3 is 20.1 Å². The van der Waals surface area contributed by atoms with Crippen LogP contribution in [0.15, 0.2) is 42.7 Å². The summed E-state index contributed by atoms with van der Waals surface area (Å²) in [5.74, 6) is -1.54. The molecule has 2 fully saturated rings. The van der Waals surface area contributed by atoms with E-state index in [1.807, 2.05) is 36.1 Å². The number of carboxylic acid groups (broad SMARTS) is 1. The van der Waals surface area contributed by atoms with Crippen molar-refractivity contribution in [2.75, 3.05) is 31.6 Å². The zero-order chi connectivity index (χ0) is 24.1. The first-order valence-corrected chi connectivity index (χ1v) is 10.4. The van der Waals surface area contributed by atoms with Crippen LogP contribution >= 0.6 is 0 Å². The third-order valence-electron chi connectivity index (χ3n) is 5.50. The SMILES string of the molecule is Cc1cccc(C(=O)N2CC3(CCC(CNc4ncccn4)CO3)C2)c1.O=C(O)C(F)(F)F. The van der Waals surface area contributed by atoms with Crippen molar-refractivity contribution in [3.05, 3.63) is 53.9 Å². The summed E-state index contributed by atoms with van der Waals surface area (Å²) in [5, 5.41) is 10.4. The molecule has 2 N–H and O–H groups in total. The van der Waals surface area contributed by atoms with Crippen molar-refractivity contribution in [3.8, 4) is 0 Å². The molecule has 0 aliphatic carbocycles.